The van der Waals surface area contributed by atoms with Gasteiger partial charge in [0.25, 0.3) is 0 Å². The van der Waals surface area contributed by atoms with Crippen LogP contribution in [-0.4, -0.2) is 29.6 Å². The maximum Gasteiger partial charge on any atom is 0.194 e. The van der Waals surface area contributed by atoms with Crippen LogP contribution in [0.15, 0.2) is 29.8 Å². The fourth-order valence-corrected chi connectivity index (χ4v) is 3.33. The first-order valence-corrected chi connectivity index (χ1v) is 7.93. The number of ether oxygens (including phenoxy) is 2. The maximum atomic E-state index is 5.90. The van der Waals surface area contributed by atoms with Crippen LogP contribution in [0.5, 0.6) is 11.5 Å². The molecule has 3 rings (SSSR count). The van der Waals surface area contributed by atoms with Gasteiger partial charge in [-0.25, -0.2) is 4.98 Å². The molecule has 0 aliphatic rings. The van der Waals surface area contributed by atoms with Crippen molar-refractivity contribution >= 4 is 16.3 Å². The molecule has 0 spiro atoms. The van der Waals surface area contributed by atoms with Crippen LogP contribution >= 0.6 is 11.3 Å². The summed E-state index contributed by atoms with van der Waals surface area (Å²) in [5.41, 5.74) is 9.01. The van der Waals surface area contributed by atoms with E-state index in [9.17, 15) is 0 Å². The molecule has 2 aromatic heterocycles. The zero-order chi connectivity index (χ0) is 15.7. The quantitative estimate of drug-likeness (QED) is 0.786. The van der Waals surface area contributed by atoms with Crippen LogP contribution in [0.3, 0.4) is 0 Å². The van der Waals surface area contributed by atoms with Crippen LogP contribution in [0.25, 0.3) is 16.2 Å². The lowest BCUT2D eigenvalue weighted by atomic mass is 10.1. The third-order valence-corrected chi connectivity index (χ3v) is 4.38. The van der Waals surface area contributed by atoms with Crippen molar-refractivity contribution in [3.63, 3.8) is 0 Å². The number of imidazole rings is 1. The number of nitrogens with two attached hydrogens (primary N) is 1. The highest BCUT2D eigenvalue weighted by Crippen LogP contribution is 2.32. The molecule has 5 nitrogen and oxygen atoms in total. The van der Waals surface area contributed by atoms with Gasteiger partial charge in [-0.3, -0.25) is 4.40 Å². The smallest absolute Gasteiger partial charge is 0.194 e. The molecule has 0 saturated heterocycles. The van der Waals surface area contributed by atoms with Crippen molar-refractivity contribution in [1.29, 1.82) is 0 Å². The largest absolute Gasteiger partial charge is 0.493 e. The molecule has 1 unspecified atom stereocenters. The lowest BCUT2D eigenvalue weighted by molar-refractivity contribution is 0.355. The number of methoxy groups -OCH3 is 2. The maximum absolute atomic E-state index is 5.90. The van der Waals surface area contributed by atoms with E-state index in [0.717, 1.165) is 22.6 Å². The summed E-state index contributed by atoms with van der Waals surface area (Å²) in [5.74, 6) is 1.41. The molecule has 0 fully saturated rings. The van der Waals surface area contributed by atoms with E-state index >= 15 is 0 Å². The Morgan fingerprint density at radius 3 is 2.73 bits per heavy atom. The number of thiazole rings is 1. The van der Waals surface area contributed by atoms with Gasteiger partial charge < -0.3 is 15.2 Å². The molecule has 0 aliphatic carbocycles. The molecular formula is C16H19N3O2S. The molecule has 0 amide bonds. The highest BCUT2D eigenvalue weighted by molar-refractivity contribution is 7.15. The van der Waals surface area contributed by atoms with Gasteiger partial charge in [-0.05, 0) is 25.1 Å². The lowest BCUT2D eigenvalue weighted by Crippen LogP contribution is -2.18. The Balaban J connectivity index is 2.01. The van der Waals surface area contributed by atoms with Crippen molar-refractivity contribution in [2.75, 3.05) is 14.2 Å². The van der Waals surface area contributed by atoms with Crippen molar-refractivity contribution in [3.05, 3.63) is 35.5 Å². The highest BCUT2D eigenvalue weighted by Gasteiger charge is 2.12. The molecule has 0 bridgehead atoms. The second-order valence-corrected chi connectivity index (χ2v) is 6.09. The molecule has 2 heterocycles. The monoisotopic (exact) mass is 317 g/mol. The fourth-order valence-electron chi connectivity index (χ4n) is 2.44. The van der Waals surface area contributed by atoms with Crippen molar-refractivity contribution < 1.29 is 9.47 Å². The molecule has 6 heteroatoms. The van der Waals surface area contributed by atoms with Crippen LogP contribution in [0.2, 0.25) is 0 Å². The van der Waals surface area contributed by atoms with E-state index in [2.05, 4.69) is 14.8 Å². The molecule has 1 aromatic carbocycles. The molecule has 116 valence electrons. The first kappa shape index (κ1) is 14.9. The minimum absolute atomic E-state index is 0.129. The third kappa shape index (κ3) is 2.67. The number of hydrogen-bond donors (Lipinski definition) is 1. The molecule has 2 N–H and O–H groups in total. The summed E-state index contributed by atoms with van der Waals surface area (Å²) >= 11 is 1.63. The Bertz CT molecular complexity index is 792. The average Bonchev–Trinajstić information content (AvgIpc) is 3.08. The zero-order valence-corrected chi connectivity index (χ0v) is 13.7. The molecule has 0 aliphatic heterocycles. The second-order valence-electron chi connectivity index (χ2n) is 5.26. The molecule has 22 heavy (non-hydrogen) atoms. The van der Waals surface area contributed by atoms with Crippen LogP contribution in [0.1, 0.15) is 12.6 Å². The van der Waals surface area contributed by atoms with Crippen molar-refractivity contribution in [1.82, 2.24) is 9.38 Å². The van der Waals surface area contributed by atoms with Crippen LogP contribution in [-0.2, 0) is 6.42 Å². The predicted octanol–water partition coefficient (Wildman–Crippen LogP) is 2.97. The van der Waals surface area contributed by atoms with Crippen LogP contribution in [0, 0.1) is 0 Å². The van der Waals surface area contributed by atoms with E-state index in [-0.39, 0.29) is 6.04 Å². The average molecular weight is 317 g/mol. The number of aromatic nitrogens is 2. The first-order chi connectivity index (χ1) is 10.6. The van der Waals surface area contributed by atoms with Gasteiger partial charge in [-0.2, -0.15) is 0 Å². The summed E-state index contributed by atoms with van der Waals surface area (Å²) in [6.45, 7) is 2.01. The molecule has 0 saturated carbocycles. The number of benzene rings is 1. The molecular weight excluding hydrogens is 298 g/mol. The summed E-state index contributed by atoms with van der Waals surface area (Å²) < 4.78 is 12.7. The summed E-state index contributed by atoms with van der Waals surface area (Å²) in [6.07, 6.45) is 2.88. The Morgan fingerprint density at radius 2 is 2.05 bits per heavy atom. The SMILES string of the molecule is COc1ccc(-c2cn3c(CC(C)N)csc3n2)cc1OC. The van der Waals surface area contributed by atoms with Crippen LogP contribution in [0.4, 0.5) is 0 Å². The van der Waals surface area contributed by atoms with Crippen molar-refractivity contribution in [3.8, 4) is 22.8 Å². The molecule has 1 atom stereocenters. The zero-order valence-electron chi connectivity index (χ0n) is 12.9. The van der Waals surface area contributed by atoms with Gasteiger partial charge in [0, 0.05) is 35.3 Å². The van der Waals surface area contributed by atoms with E-state index < -0.39 is 0 Å². The Hall–Kier alpha value is -2.05. The van der Waals surface area contributed by atoms with Gasteiger partial charge in [0.2, 0.25) is 0 Å². The van der Waals surface area contributed by atoms with Gasteiger partial charge in [-0.1, -0.05) is 0 Å². The standard InChI is InChI=1S/C16H19N3O2S/c1-10(17)6-12-9-22-16-18-13(8-19(12)16)11-4-5-14(20-2)15(7-11)21-3/h4-5,7-10H,6,17H2,1-3H3. The summed E-state index contributed by atoms with van der Waals surface area (Å²) in [4.78, 5) is 5.66. The second kappa shape index (κ2) is 5.98. The van der Waals surface area contributed by atoms with Crippen molar-refractivity contribution in [2.45, 2.75) is 19.4 Å². The summed E-state index contributed by atoms with van der Waals surface area (Å²) in [7, 11) is 3.26. The Morgan fingerprint density at radius 1 is 1.27 bits per heavy atom. The fraction of sp³-hybridized carbons (Fsp3) is 0.312. The number of rotatable bonds is 5. The minimum atomic E-state index is 0.129. The Labute approximate surface area is 133 Å². The van der Waals surface area contributed by atoms with Gasteiger partial charge in [0.05, 0.1) is 19.9 Å². The van der Waals surface area contributed by atoms with Crippen molar-refractivity contribution in [2.24, 2.45) is 5.73 Å². The third-order valence-electron chi connectivity index (χ3n) is 3.49. The molecule has 3 aromatic rings. The number of fused-ring (bicyclic) bond motifs is 1. The topological polar surface area (TPSA) is 61.8 Å². The minimum Gasteiger partial charge on any atom is -0.493 e. The molecule has 0 radical (unpaired) electrons. The predicted molar refractivity (Wildman–Crippen MR) is 89.0 cm³/mol. The Kier molecular flexibility index (Phi) is 4.04. The van der Waals surface area contributed by atoms with E-state index in [1.54, 1.807) is 25.6 Å². The van der Waals surface area contributed by atoms with E-state index in [0.29, 0.717) is 11.5 Å². The van der Waals surface area contributed by atoms with Gasteiger partial charge in [-0.15, -0.1) is 11.3 Å². The van der Waals surface area contributed by atoms with Gasteiger partial charge in [0.15, 0.2) is 16.5 Å². The first-order valence-electron chi connectivity index (χ1n) is 7.06. The van der Waals surface area contributed by atoms with E-state index in [1.165, 1.54) is 5.69 Å². The highest BCUT2D eigenvalue weighted by atomic mass is 32.1. The summed E-state index contributed by atoms with van der Waals surface area (Å²) in [5, 5.41) is 2.12. The normalized spacial score (nSPS) is 12.5. The van der Waals surface area contributed by atoms with Gasteiger partial charge in [0.1, 0.15) is 0 Å². The summed E-state index contributed by atoms with van der Waals surface area (Å²) in [6, 6.07) is 5.95. The van der Waals surface area contributed by atoms with E-state index in [4.69, 9.17) is 15.2 Å². The number of nitrogens with zero attached hydrogens (tertiary/aromatic N) is 2. The number of hydrogen-bond acceptors (Lipinski definition) is 5. The van der Waals surface area contributed by atoms with Gasteiger partial charge >= 0.3 is 0 Å². The van der Waals surface area contributed by atoms with E-state index in [1.807, 2.05) is 31.3 Å². The van der Waals surface area contributed by atoms with Crippen LogP contribution < -0.4 is 15.2 Å². The lowest BCUT2D eigenvalue weighted by Gasteiger charge is -2.08.